The molecule has 0 atom stereocenters. The molecule has 0 aliphatic heterocycles. The normalized spacial score (nSPS) is 10.9. The summed E-state index contributed by atoms with van der Waals surface area (Å²) in [6.07, 6.45) is 0. The van der Waals surface area contributed by atoms with Crippen LogP contribution in [0.3, 0.4) is 0 Å². The predicted molar refractivity (Wildman–Crippen MR) is 78.8 cm³/mol. The second kappa shape index (κ2) is 5.18. The van der Waals surface area contributed by atoms with E-state index >= 15 is 0 Å². The molecule has 0 fully saturated rings. The minimum atomic E-state index is 0.358. The summed E-state index contributed by atoms with van der Waals surface area (Å²) in [5.41, 5.74) is 2.97. The molecule has 2 heterocycles. The Morgan fingerprint density at radius 2 is 1.95 bits per heavy atom. The van der Waals surface area contributed by atoms with Crippen LogP contribution in [-0.2, 0) is 0 Å². The van der Waals surface area contributed by atoms with E-state index in [0.29, 0.717) is 38.9 Å². The highest BCUT2D eigenvalue weighted by Crippen LogP contribution is 2.40. The highest BCUT2D eigenvalue weighted by atomic mass is 16.8. The first-order valence-electron chi connectivity index (χ1n) is 6.65. The average Bonchev–Trinajstić information content (AvgIpc) is 2.85. The highest BCUT2D eigenvalue weighted by molar-refractivity contribution is 5.99. The van der Waals surface area contributed by atoms with Crippen molar-refractivity contribution in [2.24, 2.45) is 0 Å². The van der Waals surface area contributed by atoms with Crippen LogP contribution in [-0.4, -0.2) is 24.4 Å². The Bertz CT molecular complexity index is 858. The number of aromatic nitrogens is 3. The van der Waals surface area contributed by atoms with Crippen molar-refractivity contribution in [3.8, 4) is 22.8 Å². The number of aryl methyl sites for hydroxylation is 1. The van der Waals surface area contributed by atoms with Crippen molar-refractivity contribution >= 4 is 10.9 Å². The third-order valence-electron chi connectivity index (χ3n) is 3.54. The minimum absolute atomic E-state index is 0.358. The number of nitrogens with zero attached hydrogens (tertiary/aromatic N) is 3. The summed E-state index contributed by atoms with van der Waals surface area (Å²) in [7, 11) is 3.13. The number of hydrogen-bond acceptors (Lipinski definition) is 6. The molecule has 0 saturated carbocycles. The molecule has 0 amide bonds. The number of rotatable bonds is 3. The first kappa shape index (κ1) is 14.1. The molecule has 114 valence electrons. The van der Waals surface area contributed by atoms with Gasteiger partial charge in [0.15, 0.2) is 11.5 Å². The molecule has 0 radical (unpaired) electrons. The molecule has 0 unspecified atom stereocenters. The lowest BCUT2D eigenvalue weighted by atomic mass is 10.0. The first-order valence-corrected chi connectivity index (χ1v) is 6.65. The standard InChI is InChI=1S/C15H15N3O4/c1-8-5-6-10-14(16-8)11(7-12(20-3)15(10)21-4)13-9(2)18(19)22-17-13/h5-7H,1-4H3. The van der Waals surface area contributed by atoms with E-state index < -0.39 is 0 Å². The summed E-state index contributed by atoms with van der Waals surface area (Å²) in [6.45, 7) is 3.53. The van der Waals surface area contributed by atoms with Crippen LogP contribution in [0.2, 0.25) is 0 Å². The smallest absolute Gasteiger partial charge is 0.253 e. The number of methoxy groups -OCH3 is 2. The maximum atomic E-state index is 11.5. The Morgan fingerprint density at radius 3 is 2.55 bits per heavy atom. The van der Waals surface area contributed by atoms with Gasteiger partial charge in [-0.2, -0.15) is 0 Å². The zero-order valence-corrected chi connectivity index (χ0v) is 12.7. The quantitative estimate of drug-likeness (QED) is 0.689. The van der Waals surface area contributed by atoms with Crippen LogP contribution in [0.5, 0.6) is 11.5 Å². The van der Waals surface area contributed by atoms with Crippen LogP contribution in [0, 0.1) is 19.1 Å². The van der Waals surface area contributed by atoms with Gasteiger partial charge in [0, 0.05) is 23.2 Å². The van der Waals surface area contributed by atoms with E-state index in [1.165, 1.54) is 0 Å². The number of ether oxygens (including phenoxy) is 2. The van der Waals surface area contributed by atoms with Gasteiger partial charge in [-0.1, -0.05) is 0 Å². The maximum absolute atomic E-state index is 11.5. The highest BCUT2D eigenvalue weighted by Gasteiger charge is 2.24. The molecule has 0 spiro atoms. The molecule has 0 saturated heterocycles. The van der Waals surface area contributed by atoms with Gasteiger partial charge in [0.1, 0.15) is 0 Å². The summed E-state index contributed by atoms with van der Waals surface area (Å²) < 4.78 is 15.5. The summed E-state index contributed by atoms with van der Waals surface area (Å²) in [5, 5.41) is 16.1. The van der Waals surface area contributed by atoms with E-state index in [4.69, 9.17) is 9.47 Å². The predicted octanol–water partition coefficient (Wildman–Crippen LogP) is 2.16. The van der Waals surface area contributed by atoms with Crippen molar-refractivity contribution in [3.63, 3.8) is 0 Å². The molecule has 1 aromatic carbocycles. The van der Waals surface area contributed by atoms with Crippen molar-refractivity contribution in [1.82, 2.24) is 10.1 Å². The monoisotopic (exact) mass is 301 g/mol. The molecule has 2 aromatic heterocycles. The van der Waals surface area contributed by atoms with Gasteiger partial charge in [-0.25, -0.2) is 0 Å². The van der Waals surface area contributed by atoms with Gasteiger partial charge < -0.3 is 14.7 Å². The van der Waals surface area contributed by atoms with Crippen molar-refractivity contribution < 1.29 is 19.0 Å². The molecule has 3 rings (SSSR count). The zero-order chi connectivity index (χ0) is 15.9. The third-order valence-corrected chi connectivity index (χ3v) is 3.54. The Hall–Kier alpha value is -2.83. The van der Waals surface area contributed by atoms with Crippen molar-refractivity contribution in [1.29, 1.82) is 0 Å². The molecular weight excluding hydrogens is 286 g/mol. The van der Waals surface area contributed by atoms with Crippen LogP contribution in [0.1, 0.15) is 11.4 Å². The Balaban J connectivity index is 2.43. The Morgan fingerprint density at radius 1 is 1.18 bits per heavy atom. The second-order valence-corrected chi connectivity index (χ2v) is 4.87. The van der Waals surface area contributed by atoms with E-state index in [1.54, 1.807) is 27.2 Å². The molecular formula is C15H15N3O4. The van der Waals surface area contributed by atoms with Gasteiger partial charge in [-0.15, -0.1) is 0 Å². The lowest BCUT2D eigenvalue weighted by molar-refractivity contribution is -0.806. The fourth-order valence-electron chi connectivity index (χ4n) is 2.42. The average molecular weight is 301 g/mol. The lowest BCUT2D eigenvalue weighted by Gasteiger charge is -2.12. The molecule has 7 nitrogen and oxygen atoms in total. The maximum Gasteiger partial charge on any atom is 0.253 e. The van der Waals surface area contributed by atoms with E-state index in [0.717, 1.165) is 11.1 Å². The topological polar surface area (TPSA) is 84.3 Å². The summed E-state index contributed by atoms with van der Waals surface area (Å²) >= 11 is 0. The number of hydrogen-bond donors (Lipinski definition) is 0. The lowest BCUT2D eigenvalue weighted by Crippen LogP contribution is -2.25. The van der Waals surface area contributed by atoms with E-state index in [2.05, 4.69) is 14.8 Å². The molecule has 0 bridgehead atoms. The molecule has 0 aliphatic rings. The zero-order valence-electron chi connectivity index (χ0n) is 12.7. The summed E-state index contributed by atoms with van der Waals surface area (Å²) in [6, 6.07) is 5.54. The van der Waals surface area contributed by atoms with Crippen LogP contribution < -0.4 is 14.4 Å². The van der Waals surface area contributed by atoms with Gasteiger partial charge in [0.2, 0.25) is 5.69 Å². The Kier molecular flexibility index (Phi) is 3.32. The van der Waals surface area contributed by atoms with Gasteiger partial charge in [0.25, 0.3) is 5.69 Å². The Labute approximate surface area is 126 Å². The van der Waals surface area contributed by atoms with Crippen LogP contribution in [0.4, 0.5) is 0 Å². The minimum Gasteiger partial charge on any atom is -0.493 e. The van der Waals surface area contributed by atoms with E-state index in [-0.39, 0.29) is 0 Å². The van der Waals surface area contributed by atoms with Crippen molar-refractivity contribution in [2.75, 3.05) is 14.2 Å². The first-order chi connectivity index (χ1) is 10.6. The van der Waals surface area contributed by atoms with Gasteiger partial charge in [0.05, 0.1) is 25.3 Å². The largest absolute Gasteiger partial charge is 0.493 e. The second-order valence-electron chi connectivity index (χ2n) is 4.87. The number of benzene rings is 1. The van der Waals surface area contributed by atoms with Crippen LogP contribution in [0.25, 0.3) is 22.2 Å². The van der Waals surface area contributed by atoms with Gasteiger partial charge in [-0.3, -0.25) is 9.61 Å². The molecule has 22 heavy (non-hydrogen) atoms. The fourth-order valence-corrected chi connectivity index (χ4v) is 2.42. The van der Waals surface area contributed by atoms with Crippen molar-refractivity contribution in [2.45, 2.75) is 13.8 Å². The van der Waals surface area contributed by atoms with Gasteiger partial charge >= 0.3 is 0 Å². The molecule has 3 aromatic rings. The van der Waals surface area contributed by atoms with Gasteiger partial charge in [-0.05, 0) is 30.0 Å². The van der Waals surface area contributed by atoms with E-state index in [9.17, 15) is 5.21 Å². The molecule has 0 aliphatic carbocycles. The summed E-state index contributed by atoms with van der Waals surface area (Å²) in [4.78, 5) is 4.93. The number of pyridine rings is 1. The van der Waals surface area contributed by atoms with Crippen molar-refractivity contribution in [3.05, 3.63) is 34.8 Å². The van der Waals surface area contributed by atoms with E-state index in [1.807, 2.05) is 19.1 Å². The van der Waals surface area contributed by atoms with Crippen LogP contribution in [0.15, 0.2) is 22.8 Å². The number of fused-ring (bicyclic) bond motifs is 1. The fraction of sp³-hybridized carbons (Fsp3) is 0.267. The molecule has 7 heteroatoms. The summed E-state index contributed by atoms with van der Waals surface area (Å²) in [5.74, 6) is 1.13. The SMILES string of the molecule is COc1cc(-c2no[n+]([O-])c2C)c2nc(C)ccc2c1OC. The molecule has 0 N–H and O–H groups in total. The van der Waals surface area contributed by atoms with Crippen LogP contribution >= 0.6 is 0 Å². The third kappa shape index (κ3) is 2.02.